The van der Waals surface area contributed by atoms with Gasteiger partial charge in [0, 0.05) is 0 Å². The lowest BCUT2D eigenvalue weighted by Gasteiger charge is -1.99. The summed E-state index contributed by atoms with van der Waals surface area (Å²) in [5, 5.41) is 7.95. The van der Waals surface area contributed by atoms with Crippen LogP contribution in [0.15, 0.2) is 52.7 Å². The molecule has 0 spiro atoms. The van der Waals surface area contributed by atoms with Crippen LogP contribution in [0.3, 0.4) is 0 Å². The van der Waals surface area contributed by atoms with Gasteiger partial charge in [0.2, 0.25) is 0 Å². The zero-order valence-corrected chi connectivity index (χ0v) is 9.81. The zero-order chi connectivity index (χ0) is 12.3. The molecule has 0 radical (unpaired) electrons. The molecule has 0 aliphatic heterocycles. The van der Waals surface area contributed by atoms with Crippen LogP contribution in [0.1, 0.15) is 11.1 Å². The van der Waals surface area contributed by atoms with E-state index in [0.29, 0.717) is 0 Å². The molecule has 0 unspecified atom stereocenters. The Bertz CT molecular complexity index is 542. The van der Waals surface area contributed by atoms with Gasteiger partial charge in [-0.1, -0.05) is 18.2 Å². The highest BCUT2D eigenvalue weighted by molar-refractivity contribution is 5.44. The minimum Gasteiger partial charge on any atom is -0.205 e. The molecule has 0 aromatic heterocycles. The van der Waals surface area contributed by atoms with Crippen molar-refractivity contribution < 1.29 is 4.39 Å². The van der Waals surface area contributed by atoms with Gasteiger partial charge in [0.1, 0.15) is 5.69 Å². The van der Waals surface area contributed by atoms with E-state index in [1.807, 2.05) is 26.0 Å². The van der Waals surface area contributed by atoms with E-state index in [1.165, 1.54) is 6.07 Å². The van der Waals surface area contributed by atoms with Gasteiger partial charge in [0.15, 0.2) is 5.82 Å². The number of rotatable bonds is 2. The Morgan fingerprint density at radius 3 is 2.18 bits per heavy atom. The van der Waals surface area contributed by atoms with E-state index < -0.39 is 0 Å². The summed E-state index contributed by atoms with van der Waals surface area (Å²) in [4.78, 5) is 0. The first-order valence-electron chi connectivity index (χ1n) is 5.40. The number of nitrogens with zero attached hydrogens (tertiary/aromatic N) is 2. The summed E-state index contributed by atoms with van der Waals surface area (Å²) in [5.74, 6) is -0.361. The molecule has 0 fully saturated rings. The first-order valence-corrected chi connectivity index (χ1v) is 5.40. The lowest BCUT2D eigenvalue weighted by atomic mass is 10.1. The fourth-order valence-electron chi connectivity index (χ4n) is 1.65. The van der Waals surface area contributed by atoms with Crippen LogP contribution >= 0.6 is 0 Å². The van der Waals surface area contributed by atoms with Gasteiger partial charge in [-0.2, -0.15) is 5.11 Å². The Hall–Kier alpha value is -2.03. The van der Waals surface area contributed by atoms with Crippen LogP contribution in [0, 0.1) is 19.7 Å². The molecule has 2 aromatic carbocycles. The van der Waals surface area contributed by atoms with Gasteiger partial charge in [0.25, 0.3) is 0 Å². The molecule has 0 heterocycles. The monoisotopic (exact) mass is 228 g/mol. The third kappa shape index (κ3) is 2.97. The average Bonchev–Trinajstić information content (AvgIpc) is 2.27. The van der Waals surface area contributed by atoms with E-state index in [2.05, 4.69) is 16.3 Å². The van der Waals surface area contributed by atoms with Crippen molar-refractivity contribution in [1.82, 2.24) is 0 Å². The average molecular weight is 228 g/mol. The molecular weight excluding hydrogens is 215 g/mol. The smallest absolute Gasteiger partial charge is 0.150 e. The van der Waals surface area contributed by atoms with E-state index in [1.54, 1.807) is 18.2 Å². The van der Waals surface area contributed by atoms with Gasteiger partial charge >= 0.3 is 0 Å². The molecule has 2 rings (SSSR count). The lowest BCUT2D eigenvalue weighted by molar-refractivity contribution is 0.628. The van der Waals surface area contributed by atoms with E-state index in [-0.39, 0.29) is 11.5 Å². The van der Waals surface area contributed by atoms with Crippen molar-refractivity contribution in [3.05, 3.63) is 59.4 Å². The summed E-state index contributed by atoms with van der Waals surface area (Å²) in [5.41, 5.74) is 3.23. The second-order valence-corrected chi connectivity index (χ2v) is 4.00. The van der Waals surface area contributed by atoms with Crippen molar-refractivity contribution in [2.45, 2.75) is 13.8 Å². The Balaban J connectivity index is 2.29. The molecule has 0 aliphatic rings. The zero-order valence-electron chi connectivity index (χ0n) is 9.81. The van der Waals surface area contributed by atoms with Crippen LogP contribution in [-0.2, 0) is 0 Å². The minimum absolute atomic E-state index is 0.256. The van der Waals surface area contributed by atoms with Gasteiger partial charge < -0.3 is 0 Å². The summed E-state index contributed by atoms with van der Waals surface area (Å²) >= 11 is 0. The Labute approximate surface area is 99.8 Å². The molecule has 0 saturated carbocycles. The Morgan fingerprint density at radius 1 is 0.882 bits per heavy atom. The third-order valence-electron chi connectivity index (χ3n) is 2.33. The van der Waals surface area contributed by atoms with E-state index in [4.69, 9.17) is 0 Å². The van der Waals surface area contributed by atoms with Crippen LogP contribution in [0.2, 0.25) is 0 Å². The van der Waals surface area contributed by atoms with Crippen molar-refractivity contribution in [1.29, 1.82) is 0 Å². The fraction of sp³-hybridized carbons (Fsp3) is 0.143. The number of benzene rings is 2. The summed E-state index contributed by atoms with van der Waals surface area (Å²) in [6, 6.07) is 12.2. The SMILES string of the molecule is Cc1cc(C)cc(N=Nc2ccccc2F)c1. The molecule has 2 aromatic rings. The van der Waals surface area contributed by atoms with Crippen LogP contribution < -0.4 is 0 Å². The molecule has 0 N–H and O–H groups in total. The normalized spacial score (nSPS) is 11.0. The number of azo groups is 1. The summed E-state index contributed by atoms with van der Waals surface area (Å²) in [6.07, 6.45) is 0. The van der Waals surface area contributed by atoms with Crippen LogP contribution in [-0.4, -0.2) is 0 Å². The maximum atomic E-state index is 13.3. The quantitative estimate of drug-likeness (QED) is 0.656. The highest BCUT2D eigenvalue weighted by atomic mass is 19.1. The fourth-order valence-corrected chi connectivity index (χ4v) is 1.65. The number of aryl methyl sites for hydroxylation is 2. The first kappa shape index (κ1) is 11.5. The largest absolute Gasteiger partial charge is 0.205 e. The minimum atomic E-state index is -0.361. The maximum Gasteiger partial charge on any atom is 0.150 e. The van der Waals surface area contributed by atoms with E-state index in [0.717, 1.165) is 16.8 Å². The molecule has 17 heavy (non-hydrogen) atoms. The standard InChI is InChI=1S/C14H13FN2/c1-10-7-11(2)9-12(8-10)16-17-14-6-4-3-5-13(14)15/h3-9H,1-2H3. The molecule has 0 aliphatic carbocycles. The third-order valence-corrected chi connectivity index (χ3v) is 2.33. The van der Waals surface area contributed by atoms with Gasteiger partial charge in [-0.25, -0.2) is 4.39 Å². The first-order chi connectivity index (χ1) is 8.15. The summed E-state index contributed by atoms with van der Waals surface area (Å²) < 4.78 is 13.3. The molecule has 3 heteroatoms. The van der Waals surface area contributed by atoms with Gasteiger partial charge in [-0.3, -0.25) is 0 Å². The molecular formula is C14H13FN2. The van der Waals surface area contributed by atoms with Gasteiger partial charge in [0.05, 0.1) is 5.69 Å². The molecule has 2 nitrogen and oxygen atoms in total. The lowest BCUT2D eigenvalue weighted by Crippen LogP contribution is -1.76. The second kappa shape index (κ2) is 4.87. The Kier molecular flexibility index (Phi) is 3.28. The predicted molar refractivity (Wildman–Crippen MR) is 66.5 cm³/mol. The second-order valence-electron chi connectivity index (χ2n) is 4.00. The molecule has 0 saturated heterocycles. The molecule has 0 amide bonds. The van der Waals surface area contributed by atoms with Crippen molar-refractivity contribution in [3.8, 4) is 0 Å². The van der Waals surface area contributed by atoms with Gasteiger partial charge in [-0.15, -0.1) is 5.11 Å². The Morgan fingerprint density at radius 2 is 1.53 bits per heavy atom. The molecule has 0 atom stereocenters. The van der Waals surface area contributed by atoms with Gasteiger partial charge in [-0.05, 0) is 49.2 Å². The van der Waals surface area contributed by atoms with Crippen molar-refractivity contribution in [2.24, 2.45) is 10.2 Å². The molecule has 0 bridgehead atoms. The number of hydrogen-bond donors (Lipinski definition) is 0. The maximum absolute atomic E-state index is 13.3. The highest BCUT2D eigenvalue weighted by Gasteiger charge is 1.98. The number of halogens is 1. The highest BCUT2D eigenvalue weighted by Crippen LogP contribution is 2.22. The summed E-state index contributed by atoms with van der Waals surface area (Å²) in [7, 11) is 0. The molecule has 86 valence electrons. The van der Waals surface area contributed by atoms with Crippen LogP contribution in [0.4, 0.5) is 15.8 Å². The summed E-state index contributed by atoms with van der Waals surface area (Å²) in [6.45, 7) is 3.99. The van der Waals surface area contributed by atoms with Crippen LogP contribution in [0.25, 0.3) is 0 Å². The number of hydrogen-bond acceptors (Lipinski definition) is 2. The van der Waals surface area contributed by atoms with Crippen molar-refractivity contribution in [3.63, 3.8) is 0 Å². The van der Waals surface area contributed by atoms with E-state index in [9.17, 15) is 4.39 Å². The van der Waals surface area contributed by atoms with Crippen molar-refractivity contribution in [2.75, 3.05) is 0 Å². The topological polar surface area (TPSA) is 24.7 Å². The predicted octanol–water partition coefficient (Wildman–Crippen LogP) is 4.86. The van der Waals surface area contributed by atoms with E-state index >= 15 is 0 Å². The van der Waals surface area contributed by atoms with Crippen LogP contribution in [0.5, 0.6) is 0 Å². The van der Waals surface area contributed by atoms with Crippen molar-refractivity contribution >= 4 is 11.4 Å².